The minimum absolute atomic E-state index is 0.282. The fraction of sp³-hybridized carbons (Fsp3) is 0.0909. The number of benzene rings is 1. The number of thiazole rings is 1. The summed E-state index contributed by atoms with van der Waals surface area (Å²) in [4.78, 5) is 14.9. The smallest absolute Gasteiger partial charge is 0.326 e. The van der Waals surface area contributed by atoms with Crippen molar-refractivity contribution in [1.29, 1.82) is 0 Å². The number of nitrogens with one attached hydrogen (secondary N) is 1. The molecule has 20 heavy (non-hydrogen) atoms. The highest BCUT2D eigenvalue weighted by atomic mass is 79.9. The lowest BCUT2D eigenvalue weighted by molar-refractivity contribution is -0.138. The third-order valence-corrected chi connectivity index (χ3v) is 4.93. The van der Waals surface area contributed by atoms with Crippen LogP contribution in [-0.4, -0.2) is 16.1 Å². The average Bonchev–Trinajstić information content (AvgIpc) is 2.87. The molecule has 106 valence electrons. The van der Waals surface area contributed by atoms with E-state index in [1.807, 2.05) is 0 Å². The van der Waals surface area contributed by atoms with E-state index < -0.39 is 12.0 Å². The van der Waals surface area contributed by atoms with Crippen molar-refractivity contribution in [2.75, 3.05) is 5.32 Å². The van der Waals surface area contributed by atoms with Gasteiger partial charge >= 0.3 is 5.97 Å². The van der Waals surface area contributed by atoms with Crippen molar-refractivity contribution >= 4 is 67.3 Å². The van der Waals surface area contributed by atoms with E-state index in [0.717, 1.165) is 0 Å². The van der Waals surface area contributed by atoms with Crippen molar-refractivity contribution in [2.24, 2.45) is 5.73 Å². The molecule has 1 unspecified atom stereocenters. The van der Waals surface area contributed by atoms with Gasteiger partial charge in [-0.05, 0) is 28.1 Å². The quantitative estimate of drug-likeness (QED) is 0.678. The Hall–Kier alpha value is -0.860. The molecule has 1 atom stereocenters. The Labute approximate surface area is 136 Å². The summed E-state index contributed by atoms with van der Waals surface area (Å²) in [7, 11) is 0. The monoisotopic (exact) mass is 395 g/mol. The van der Waals surface area contributed by atoms with Crippen LogP contribution in [-0.2, 0) is 4.79 Å². The summed E-state index contributed by atoms with van der Waals surface area (Å²) in [6.07, 6.45) is 0. The second-order valence-corrected chi connectivity index (χ2v) is 6.21. The zero-order valence-electron chi connectivity index (χ0n) is 9.73. The molecule has 0 saturated heterocycles. The van der Waals surface area contributed by atoms with E-state index in [9.17, 15) is 4.79 Å². The molecule has 0 radical (unpaired) electrons. The average molecular weight is 397 g/mol. The first-order valence-corrected chi connectivity index (χ1v) is 7.67. The standard InChI is InChI=1S/C11H8BrCl2N3O2S/c12-4-1-2-5(8(14)7(4)13)16-11-17-6(3-20-11)9(15)10(18)19/h1-3,9H,15H2,(H,16,17)(H,18,19). The Morgan fingerprint density at radius 2 is 2.15 bits per heavy atom. The minimum atomic E-state index is -1.15. The van der Waals surface area contributed by atoms with Gasteiger partial charge in [0.1, 0.15) is 6.04 Å². The maximum atomic E-state index is 10.8. The number of nitrogens with two attached hydrogens (primary N) is 1. The van der Waals surface area contributed by atoms with Gasteiger partial charge in [0.2, 0.25) is 0 Å². The first-order chi connectivity index (χ1) is 9.40. The molecule has 0 fully saturated rings. The van der Waals surface area contributed by atoms with E-state index in [0.29, 0.717) is 25.3 Å². The molecule has 0 spiro atoms. The van der Waals surface area contributed by atoms with Crippen molar-refractivity contribution in [1.82, 2.24) is 4.98 Å². The summed E-state index contributed by atoms with van der Waals surface area (Å²) in [6, 6.07) is 2.33. The molecule has 5 nitrogen and oxygen atoms in total. The number of nitrogens with zero attached hydrogens (tertiary/aromatic N) is 1. The molecule has 0 aliphatic carbocycles. The molecule has 1 heterocycles. The van der Waals surface area contributed by atoms with Gasteiger partial charge in [-0.2, -0.15) is 0 Å². The number of hydrogen-bond donors (Lipinski definition) is 3. The Morgan fingerprint density at radius 3 is 2.80 bits per heavy atom. The van der Waals surface area contributed by atoms with E-state index in [2.05, 4.69) is 26.2 Å². The van der Waals surface area contributed by atoms with E-state index in [-0.39, 0.29) is 5.69 Å². The van der Waals surface area contributed by atoms with Crippen molar-refractivity contribution in [3.8, 4) is 0 Å². The van der Waals surface area contributed by atoms with Crippen LogP contribution in [0.2, 0.25) is 10.0 Å². The van der Waals surface area contributed by atoms with Gasteiger partial charge in [-0.3, -0.25) is 4.79 Å². The summed E-state index contributed by atoms with van der Waals surface area (Å²) in [6.45, 7) is 0. The molecule has 2 rings (SSSR count). The van der Waals surface area contributed by atoms with Gasteiger partial charge in [0.05, 0.1) is 21.4 Å². The number of rotatable bonds is 4. The van der Waals surface area contributed by atoms with Crippen molar-refractivity contribution in [3.05, 3.63) is 37.7 Å². The van der Waals surface area contributed by atoms with Crippen LogP contribution in [0.4, 0.5) is 10.8 Å². The zero-order valence-corrected chi connectivity index (χ0v) is 13.6. The third kappa shape index (κ3) is 3.24. The van der Waals surface area contributed by atoms with Crippen molar-refractivity contribution < 1.29 is 9.90 Å². The zero-order chi connectivity index (χ0) is 14.9. The second kappa shape index (κ2) is 6.28. The van der Waals surface area contributed by atoms with Crippen LogP contribution in [0, 0.1) is 0 Å². The third-order valence-electron chi connectivity index (χ3n) is 2.38. The Balaban J connectivity index is 2.23. The van der Waals surface area contributed by atoms with Crippen molar-refractivity contribution in [3.63, 3.8) is 0 Å². The van der Waals surface area contributed by atoms with Crippen LogP contribution >= 0.6 is 50.5 Å². The second-order valence-electron chi connectivity index (χ2n) is 3.74. The number of hydrogen-bond acceptors (Lipinski definition) is 5. The number of aromatic nitrogens is 1. The van der Waals surface area contributed by atoms with Crippen LogP contribution in [0.5, 0.6) is 0 Å². The molecular formula is C11H8BrCl2N3O2S. The van der Waals surface area contributed by atoms with Crippen molar-refractivity contribution in [2.45, 2.75) is 6.04 Å². The molecule has 0 aliphatic rings. The normalized spacial score (nSPS) is 12.2. The maximum Gasteiger partial charge on any atom is 0.326 e. The van der Waals surface area contributed by atoms with Gasteiger partial charge in [0.15, 0.2) is 5.13 Å². The fourth-order valence-electron chi connectivity index (χ4n) is 1.35. The molecule has 1 aromatic carbocycles. The molecule has 2 aromatic rings. The van der Waals surface area contributed by atoms with Gasteiger partial charge in [-0.15, -0.1) is 11.3 Å². The summed E-state index contributed by atoms with van der Waals surface area (Å²) in [5, 5.41) is 14.6. The van der Waals surface area contributed by atoms with E-state index in [4.69, 9.17) is 34.0 Å². The fourth-order valence-corrected chi connectivity index (χ4v) is 2.93. The van der Waals surface area contributed by atoms with Crippen LogP contribution in [0.15, 0.2) is 22.0 Å². The van der Waals surface area contributed by atoms with Gasteiger partial charge in [-0.25, -0.2) is 4.98 Å². The minimum Gasteiger partial charge on any atom is -0.480 e. The highest BCUT2D eigenvalue weighted by Crippen LogP contribution is 2.37. The topological polar surface area (TPSA) is 88.2 Å². The number of anilines is 2. The number of carboxylic acids is 1. The number of aliphatic carboxylic acids is 1. The Morgan fingerprint density at radius 1 is 1.45 bits per heavy atom. The maximum absolute atomic E-state index is 10.8. The van der Waals surface area contributed by atoms with Gasteiger partial charge < -0.3 is 16.2 Å². The lowest BCUT2D eigenvalue weighted by atomic mass is 10.2. The van der Waals surface area contributed by atoms with Gasteiger partial charge in [0, 0.05) is 9.85 Å². The summed E-state index contributed by atoms with van der Waals surface area (Å²) < 4.78 is 0.683. The van der Waals surface area contributed by atoms with Crippen LogP contribution in [0.1, 0.15) is 11.7 Å². The molecule has 1 aromatic heterocycles. The van der Waals surface area contributed by atoms with E-state index in [1.54, 1.807) is 17.5 Å². The summed E-state index contributed by atoms with van der Waals surface area (Å²) >= 11 is 16.6. The lowest BCUT2D eigenvalue weighted by Gasteiger charge is -2.08. The largest absolute Gasteiger partial charge is 0.480 e. The molecule has 4 N–H and O–H groups in total. The number of halogens is 3. The molecule has 0 amide bonds. The molecule has 0 saturated carbocycles. The van der Waals surface area contributed by atoms with Gasteiger partial charge in [0.25, 0.3) is 0 Å². The summed E-state index contributed by atoms with van der Waals surface area (Å²) in [5.41, 5.74) is 6.34. The van der Waals surface area contributed by atoms with E-state index in [1.165, 1.54) is 11.3 Å². The molecular weight excluding hydrogens is 389 g/mol. The number of carbonyl (C=O) groups is 1. The Bertz CT molecular complexity index is 665. The molecule has 0 aliphatic heterocycles. The highest BCUT2D eigenvalue weighted by Gasteiger charge is 2.18. The SMILES string of the molecule is NC(C(=O)O)c1csc(Nc2ccc(Br)c(Cl)c2Cl)n1. The molecule has 0 bridgehead atoms. The predicted octanol–water partition coefficient (Wildman–Crippen LogP) is 4.04. The first-order valence-electron chi connectivity index (χ1n) is 5.24. The lowest BCUT2D eigenvalue weighted by Crippen LogP contribution is -2.20. The molecule has 9 heteroatoms. The predicted molar refractivity (Wildman–Crippen MR) is 84.1 cm³/mol. The number of carboxylic acid groups (broad SMARTS) is 1. The summed E-state index contributed by atoms with van der Waals surface area (Å²) in [5.74, 6) is -1.13. The van der Waals surface area contributed by atoms with Crippen LogP contribution < -0.4 is 11.1 Å². The first kappa shape index (κ1) is 15.5. The highest BCUT2D eigenvalue weighted by molar-refractivity contribution is 9.10. The van der Waals surface area contributed by atoms with Crippen LogP contribution in [0.25, 0.3) is 0 Å². The van der Waals surface area contributed by atoms with E-state index >= 15 is 0 Å². The van der Waals surface area contributed by atoms with Gasteiger partial charge in [-0.1, -0.05) is 23.2 Å². The van der Waals surface area contributed by atoms with Crippen LogP contribution in [0.3, 0.4) is 0 Å². The Kier molecular flexibility index (Phi) is 4.87.